The molecular weight excluding hydrogens is 234 g/mol. The molecule has 3 N–H and O–H groups in total. The van der Waals surface area contributed by atoms with Crippen LogP contribution in [0.1, 0.15) is 19.4 Å². The number of nitrogens with two attached hydrogens (primary N) is 1. The summed E-state index contributed by atoms with van der Waals surface area (Å²) in [7, 11) is 3.02. The SMILES string of the molecule is COc1cc(CC(C)(C)C(=O)O)cc(OC)c1N. The molecule has 0 unspecified atom stereocenters. The van der Waals surface area contributed by atoms with Crippen LogP contribution in [0.5, 0.6) is 11.5 Å². The van der Waals surface area contributed by atoms with Crippen molar-refractivity contribution in [3.8, 4) is 11.5 Å². The topological polar surface area (TPSA) is 81.8 Å². The Morgan fingerprint density at radius 3 is 2.06 bits per heavy atom. The zero-order valence-electron chi connectivity index (χ0n) is 11.1. The Bertz CT molecular complexity index is 429. The number of ether oxygens (including phenoxy) is 2. The maximum absolute atomic E-state index is 11.1. The summed E-state index contributed by atoms with van der Waals surface area (Å²) >= 11 is 0. The molecule has 0 aliphatic carbocycles. The first-order valence-corrected chi connectivity index (χ1v) is 5.55. The van der Waals surface area contributed by atoms with Gasteiger partial charge in [0, 0.05) is 0 Å². The highest BCUT2D eigenvalue weighted by Crippen LogP contribution is 2.35. The van der Waals surface area contributed by atoms with Gasteiger partial charge in [-0.2, -0.15) is 0 Å². The van der Waals surface area contributed by atoms with E-state index in [0.717, 1.165) is 5.56 Å². The second-order valence-electron chi connectivity index (χ2n) is 4.78. The van der Waals surface area contributed by atoms with Crippen molar-refractivity contribution in [2.45, 2.75) is 20.3 Å². The van der Waals surface area contributed by atoms with Crippen molar-refractivity contribution >= 4 is 11.7 Å². The molecule has 0 amide bonds. The van der Waals surface area contributed by atoms with Gasteiger partial charge in [-0.25, -0.2) is 0 Å². The molecule has 0 spiro atoms. The first-order chi connectivity index (χ1) is 8.31. The molecule has 0 radical (unpaired) electrons. The van der Waals surface area contributed by atoms with Crippen LogP contribution in [0, 0.1) is 5.41 Å². The van der Waals surface area contributed by atoms with Gasteiger partial charge in [0.2, 0.25) is 0 Å². The zero-order valence-corrected chi connectivity index (χ0v) is 11.1. The van der Waals surface area contributed by atoms with E-state index in [4.69, 9.17) is 20.3 Å². The predicted molar refractivity (Wildman–Crippen MR) is 69.1 cm³/mol. The van der Waals surface area contributed by atoms with Crippen LogP contribution < -0.4 is 15.2 Å². The Labute approximate surface area is 107 Å². The first-order valence-electron chi connectivity index (χ1n) is 5.55. The van der Waals surface area contributed by atoms with Crippen LogP contribution in [0.15, 0.2) is 12.1 Å². The predicted octanol–water partition coefficient (Wildman–Crippen LogP) is 1.94. The number of hydrogen-bond donors (Lipinski definition) is 2. The van der Waals surface area contributed by atoms with E-state index in [2.05, 4.69) is 0 Å². The molecule has 100 valence electrons. The molecule has 1 rings (SSSR count). The lowest BCUT2D eigenvalue weighted by molar-refractivity contribution is -0.146. The van der Waals surface area contributed by atoms with E-state index >= 15 is 0 Å². The monoisotopic (exact) mass is 253 g/mol. The van der Waals surface area contributed by atoms with E-state index in [0.29, 0.717) is 23.6 Å². The first kappa shape index (κ1) is 14.2. The lowest BCUT2D eigenvalue weighted by Gasteiger charge is -2.20. The van der Waals surface area contributed by atoms with Gasteiger partial charge in [0.25, 0.3) is 0 Å². The van der Waals surface area contributed by atoms with Gasteiger partial charge in [-0.15, -0.1) is 0 Å². The summed E-state index contributed by atoms with van der Waals surface area (Å²) < 4.78 is 10.3. The molecule has 0 atom stereocenters. The number of carboxylic acid groups (broad SMARTS) is 1. The number of aliphatic carboxylic acids is 1. The van der Waals surface area contributed by atoms with Crippen LogP contribution in [0.3, 0.4) is 0 Å². The number of benzene rings is 1. The molecule has 5 nitrogen and oxygen atoms in total. The summed E-state index contributed by atoms with van der Waals surface area (Å²) in [5.74, 6) is 0.133. The molecule has 0 fully saturated rings. The lowest BCUT2D eigenvalue weighted by Crippen LogP contribution is -2.26. The summed E-state index contributed by atoms with van der Waals surface area (Å²) in [6.45, 7) is 3.34. The summed E-state index contributed by atoms with van der Waals surface area (Å²) in [6, 6.07) is 3.48. The van der Waals surface area contributed by atoms with Gasteiger partial charge in [0.05, 0.1) is 19.6 Å². The van der Waals surface area contributed by atoms with Crippen molar-refractivity contribution in [3.63, 3.8) is 0 Å². The molecule has 18 heavy (non-hydrogen) atoms. The van der Waals surface area contributed by atoms with Crippen molar-refractivity contribution in [1.82, 2.24) is 0 Å². The third-order valence-corrected chi connectivity index (χ3v) is 2.83. The Hall–Kier alpha value is -1.91. The minimum Gasteiger partial charge on any atom is -0.494 e. The van der Waals surface area contributed by atoms with Crippen molar-refractivity contribution in [2.24, 2.45) is 5.41 Å². The van der Waals surface area contributed by atoms with Gasteiger partial charge >= 0.3 is 5.97 Å². The molecule has 0 heterocycles. The fraction of sp³-hybridized carbons (Fsp3) is 0.462. The minimum atomic E-state index is -0.855. The number of hydrogen-bond acceptors (Lipinski definition) is 4. The van der Waals surface area contributed by atoms with E-state index in [1.165, 1.54) is 14.2 Å². The number of anilines is 1. The van der Waals surface area contributed by atoms with Gasteiger partial charge in [-0.3, -0.25) is 4.79 Å². The van der Waals surface area contributed by atoms with Gasteiger partial charge in [-0.1, -0.05) is 0 Å². The smallest absolute Gasteiger partial charge is 0.309 e. The third kappa shape index (κ3) is 2.85. The minimum absolute atomic E-state index is 0.370. The van der Waals surface area contributed by atoms with Crippen LogP contribution >= 0.6 is 0 Å². The summed E-state index contributed by atoms with van der Waals surface area (Å²) in [5.41, 5.74) is 6.20. The fourth-order valence-electron chi connectivity index (χ4n) is 1.68. The van der Waals surface area contributed by atoms with Gasteiger partial charge in [0.1, 0.15) is 17.2 Å². The highest BCUT2D eigenvalue weighted by Gasteiger charge is 2.28. The van der Waals surface area contributed by atoms with Crippen molar-refractivity contribution in [1.29, 1.82) is 0 Å². The molecule has 5 heteroatoms. The van der Waals surface area contributed by atoms with Gasteiger partial charge < -0.3 is 20.3 Å². The molecule has 0 aromatic heterocycles. The van der Waals surface area contributed by atoms with Crippen LogP contribution in [0.4, 0.5) is 5.69 Å². The van der Waals surface area contributed by atoms with Crippen LogP contribution in [0.25, 0.3) is 0 Å². The molecule has 0 aliphatic rings. The second-order valence-corrected chi connectivity index (χ2v) is 4.78. The molecule has 1 aromatic rings. The quantitative estimate of drug-likeness (QED) is 0.784. The molecule has 0 saturated carbocycles. The highest BCUT2D eigenvalue weighted by atomic mass is 16.5. The van der Waals surface area contributed by atoms with Gasteiger partial charge in [0.15, 0.2) is 0 Å². The van der Waals surface area contributed by atoms with Gasteiger partial charge in [-0.05, 0) is 38.0 Å². The standard InChI is InChI=1S/C13H19NO4/c1-13(2,12(15)16)7-8-5-9(17-3)11(14)10(6-8)18-4/h5-6H,7,14H2,1-4H3,(H,15,16). The van der Waals surface area contributed by atoms with E-state index in [1.54, 1.807) is 26.0 Å². The van der Waals surface area contributed by atoms with Crippen molar-refractivity contribution < 1.29 is 19.4 Å². The summed E-state index contributed by atoms with van der Waals surface area (Å²) in [4.78, 5) is 11.1. The Kier molecular flexibility index (Phi) is 4.06. The summed E-state index contributed by atoms with van der Waals surface area (Å²) in [5, 5.41) is 9.12. The number of methoxy groups -OCH3 is 2. The van der Waals surface area contributed by atoms with E-state index in [9.17, 15) is 4.79 Å². The Balaban J connectivity index is 3.15. The Morgan fingerprint density at radius 2 is 1.72 bits per heavy atom. The average Bonchev–Trinajstić information content (AvgIpc) is 2.30. The normalized spacial score (nSPS) is 11.1. The van der Waals surface area contributed by atoms with Crippen molar-refractivity contribution in [3.05, 3.63) is 17.7 Å². The maximum atomic E-state index is 11.1. The molecule has 0 aliphatic heterocycles. The lowest BCUT2D eigenvalue weighted by atomic mass is 9.86. The Morgan fingerprint density at radius 1 is 1.28 bits per heavy atom. The van der Waals surface area contributed by atoms with E-state index in [-0.39, 0.29) is 0 Å². The molecule has 0 saturated heterocycles. The number of carbonyl (C=O) groups is 1. The van der Waals surface area contributed by atoms with E-state index in [1.807, 2.05) is 0 Å². The molecule has 0 bridgehead atoms. The number of nitrogen functional groups attached to an aromatic ring is 1. The van der Waals surface area contributed by atoms with Crippen LogP contribution in [-0.4, -0.2) is 25.3 Å². The largest absolute Gasteiger partial charge is 0.494 e. The molecule has 1 aromatic carbocycles. The number of rotatable bonds is 5. The van der Waals surface area contributed by atoms with Crippen LogP contribution in [-0.2, 0) is 11.2 Å². The van der Waals surface area contributed by atoms with E-state index < -0.39 is 11.4 Å². The zero-order chi connectivity index (χ0) is 13.9. The average molecular weight is 253 g/mol. The second kappa shape index (κ2) is 5.16. The van der Waals surface area contributed by atoms with Crippen molar-refractivity contribution in [2.75, 3.05) is 20.0 Å². The molecular formula is C13H19NO4. The fourth-order valence-corrected chi connectivity index (χ4v) is 1.68. The maximum Gasteiger partial charge on any atom is 0.309 e. The summed E-state index contributed by atoms with van der Waals surface area (Å²) in [6.07, 6.45) is 0.370. The highest BCUT2D eigenvalue weighted by molar-refractivity contribution is 5.74. The third-order valence-electron chi connectivity index (χ3n) is 2.83. The number of carboxylic acids is 1. The van der Waals surface area contributed by atoms with Crippen LogP contribution in [0.2, 0.25) is 0 Å².